The van der Waals surface area contributed by atoms with E-state index in [2.05, 4.69) is 26.6 Å². The molecule has 0 aliphatic carbocycles. The van der Waals surface area contributed by atoms with Gasteiger partial charge in [0.05, 0.1) is 37.8 Å². The molecule has 380 valence electrons. The summed E-state index contributed by atoms with van der Waals surface area (Å²) in [6.07, 6.45) is -1.14. The van der Waals surface area contributed by atoms with Crippen molar-refractivity contribution in [3.05, 3.63) is 71.8 Å². The van der Waals surface area contributed by atoms with E-state index in [1.54, 1.807) is 67.3 Å². The summed E-state index contributed by atoms with van der Waals surface area (Å²) in [5.74, 6) is -6.30. The smallest absolute Gasteiger partial charge is 0.234 e. The van der Waals surface area contributed by atoms with Crippen molar-refractivity contribution < 1.29 is 52.7 Å². The molecule has 17 nitrogen and oxygen atoms in total. The van der Waals surface area contributed by atoms with Gasteiger partial charge >= 0.3 is 0 Å². The zero-order valence-electron chi connectivity index (χ0n) is 41.5. The molecule has 0 bridgehead atoms. The topological polar surface area (TPSA) is 274 Å². The fourth-order valence-corrected chi connectivity index (χ4v) is 7.98. The first kappa shape index (κ1) is 60.4. The van der Waals surface area contributed by atoms with Gasteiger partial charge in [0.25, 0.3) is 0 Å². The number of Topliss-reactive ketones (excluding diaryl/α,β-unsaturated/α-hetero) is 5. The van der Waals surface area contributed by atoms with Crippen LogP contribution in [-0.2, 0) is 65.6 Å². The highest BCUT2D eigenvalue weighted by Crippen LogP contribution is 2.24. The lowest BCUT2D eigenvalue weighted by Crippen LogP contribution is -2.46. The van der Waals surface area contributed by atoms with E-state index < -0.39 is 97.0 Å². The average molecular weight is 987 g/mol. The molecular weight excluding hydrogens is 914 g/mol. The molecule has 0 fully saturated rings. The molecule has 70 heavy (non-hydrogen) atoms. The highest BCUT2D eigenvalue weighted by molar-refractivity contribution is 7.94. The third-order valence-electron chi connectivity index (χ3n) is 11.3. The van der Waals surface area contributed by atoms with E-state index in [0.717, 1.165) is 11.1 Å². The Bertz CT molecular complexity index is 2100. The molecule has 2 rings (SSSR count). The molecule has 0 saturated heterocycles. The highest BCUT2D eigenvalue weighted by atomic mass is 31.1. The predicted octanol–water partition coefficient (Wildman–Crippen LogP) is 3.15. The van der Waals surface area contributed by atoms with Gasteiger partial charge in [0, 0.05) is 56.8 Å². The first-order valence-corrected chi connectivity index (χ1v) is 25.8. The summed E-state index contributed by atoms with van der Waals surface area (Å²) < 4.78 is 0. The van der Waals surface area contributed by atoms with Crippen LogP contribution in [0.25, 0.3) is 0 Å². The number of nitrogens with two attached hydrogens (primary N) is 1. The van der Waals surface area contributed by atoms with Crippen LogP contribution in [0.15, 0.2) is 60.7 Å². The van der Waals surface area contributed by atoms with E-state index >= 15 is 0 Å². The van der Waals surface area contributed by atoms with Crippen LogP contribution in [0.2, 0.25) is 0 Å². The normalized spacial score (nSPS) is 13.7. The maximum atomic E-state index is 13.8. The summed E-state index contributed by atoms with van der Waals surface area (Å²) in [4.78, 5) is 143. The average Bonchev–Trinajstić information content (AvgIpc) is 3.31. The van der Waals surface area contributed by atoms with Crippen molar-refractivity contribution in [2.45, 2.75) is 130 Å². The maximum Gasteiger partial charge on any atom is 0.234 e. The van der Waals surface area contributed by atoms with Gasteiger partial charge in [0.15, 0.2) is 22.9 Å². The van der Waals surface area contributed by atoms with Crippen molar-refractivity contribution in [3.63, 3.8) is 0 Å². The molecule has 0 aliphatic rings. The molecular formula is C51H72BN6O11P. The van der Waals surface area contributed by atoms with E-state index in [-0.39, 0.29) is 100 Å². The van der Waals surface area contributed by atoms with Crippen LogP contribution in [-0.4, -0.2) is 116 Å². The van der Waals surface area contributed by atoms with Gasteiger partial charge in [-0.25, -0.2) is 0 Å². The third kappa shape index (κ3) is 24.7. The molecule has 7 N–H and O–H groups in total. The molecule has 0 heterocycles. The van der Waals surface area contributed by atoms with Gasteiger partial charge < -0.3 is 32.3 Å². The van der Waals surface area contributed by atoms with E-state index in [1.165, 1.54) is 6.92 Å². The first-order chi connectivity index (χ1) is 33.1. The number of nitrogens with one attached hydrogen (secondary N) is 5. The highest BCUT2D eigenvalue weighted by Gasteiger charge is 2.31. The van der Waals surface area contributed by atoms with Crippen LogP contribution in [0.4, 0.5) is 0 Å². The molecule has 5 amide bonds. The van der Waals surface area contributed by atoms with Crippen LogP contribution in [0.5, 0.6) is 0 Å². The van der Waals surface area contributed by atoms with Crippen molar-refractivity contribution in [2.24, 2.45) is 29.4 Å². The minimum Gasteiger partial charge on any atom is -0.349 e. The van der Waals surface area contributed by atoms with Gasteiger partial charge in [-0.15, -0.1) is 0 Å². The maximum absolute atomic E-state index is 13.8. The van der Waals surface area contributed by atoms with Crippen molar-refractivity contribution >= 4 is 79.3 Å². The second kappa shape index (κ2) is 32.2. The largest absolute Gasteiger partial charge is 0.349 e. The number of ketones is 5. The molecule has 2 aromatic rings. The van der Waals surface area contributed by atoms with E-state index in [0.29, 0.717) is 12.8 Å². The third-order valence-corrected chi connectivity index (χ3v) is 12.3. The van der Waals surface area contributed by atoms with Crippen LogP contribution >= 0.6 is 7.80 Å². The van der Waals surface area contributed by atoms with Crippen molar-refractivity contribution in [1.29, 1.82) is 0 Å². The van der Waals surface area contributed by atoms with Crippen molar-refractivity contribution in [1.82, 2.24) is 26.6 Å². The van der Waals surface area contributed by atoms with E-state index in [4.69, 9.17) is 13.3 Å². The molecule has 0 aliphatic heterocycles. The van der Waals surface area contributed by atoms with Gasteiger partial charge in [0.2, 0.25) is 29.5 Å². The van der Waals surface area contributed by atoms with Crippen LogP contribution in [0.1, 0.15) is 110 Å². The van der Waals surface area contributed by atoms with Crippen molar-refractivity contribution in [3.8, 4) is 0 Å². The number of carbonyl (C=O) groups excluding carboxylic acids is 11. The number of hydrogen-bond donors (Lipinski definition) is 6. The van der Waals surface area contributed by atoms with Gasteiger partial charge in [-0.2, -0.15) is 0 Å². The first-order valence-electron chi connectivity index (χ1n) is 23.9. The second-order valence-corrected chi connectivity index (χ2v) is 20.3. The van der Waals surface area contributed by atoms with E-state index in [1.807, 2.05) is 27.7 Å². The molecule has 0 saturated carbocycles. The zero-order chi connectivity index (χ0) is 52.3. The summed E-state index contributed by atoms with van der Waals surface area (Å²) in [7, 11) is 4.30. The Hall–Kier alpha value is -5.74. The zero-order valence-corrected chi connectivity index (χ0v) is 42.4. The number of hydrogen-bond acceptors (Lipinski definition) is 12. The lowest BCUT2D eigenvalue weighted by atomic mass is 9.88. The summed E-state index contributed by atoms with van der Waals surface area (Å²) in [6.45, 7) is 9.63. The molecule has 2 radical (unpaired) electrons. The fraction of sp³-hybridized carbons (Fsp3) is 0.549. The van der Waals surface area contributed by atoms with E-state index in [9.17, 15) is 52.7 Å². The Labute approximate surface area is 414 Å². The Balaban J connectivity index is 2.11. The fourth-order valence-electron chi connectivity index (χ4n) is 7.65. The Morgan fingerprint density at radius 3 is 1.40 bits per heavy atom. The quantitative estimate of drug-likeness (QED) is 0.0430. The summed E-state index contributed by atoms with van der Waals surface area (Å²) >= 11 is 0. The monoisotopic (exact) mass is 987 g/mol. The van der Waals surface area contributed by atoms with Gasteiger partial charge in [-0.1, -0.05) is 96.2 Å². The SMILES string of the molecule is [B]P(C)C(=O)CNC(=O)C(CC(=O)C(Cc1ccccc1)NC(=O)CCC(=O)CCC(NC(=O)CN)C(=O)CCC(=O)NC(Cc1ccccc1)C(=O)CC(CC(C)C)C(=O)NCC(C)=O)CC(C)C. The minimum atomic E-state index is -1.40. The van der Waals surface area contributed by atoms with Gasteiger partial charge in [-0.05, 0) is 68.7 Å². The second-order valence-electron chi connectivity index (χ2n) is 18.6. The number of rotatable bonds is 35. The predicted molar refractivity (Wildman–Crippen MR) is 268 cm³/mol. The van der Waals surface area contributed by atoms with Crippen molar-refractivity contribution in [2.75, 3.05) is 26.3 Å². The van der Waals surface area contributed by atoms with Crippen LogP contribution < -0.4 is 32.3 Å². The molecule has 0 spiro atoms. The van der Waals surface area contributed by atoms with Gasteiger partial charge in [-0.3, -0.25) is 52.7 Å². The lowest BCUT2D eigenvalue weighted by molar-refractivity contribution is -0.133. The Kier molecular flexibility index (Phi) is 27.8. The standard InChI is InChI=1S/C51H72BN6O11P/c1-32(2)23-37(50(68)54-30-34(5)59)27-44(62)42(26-36-15-11-8-12-16-36)58-47(65)22-20-43(61)40(56-48(66)29-53)19-17-39(60)18-21-46(64)57-41(25-35-13-9-7-10-14-35)45(63)28-38(24-33(3)4)51(69)55-31-49(67)70(6)52/h7-16,32-33,37-38,40-42H,17-31,53H2,1-6H3,(H,54,68)(H,55,69)(H,56,66)(H,57,64)(H,58,65). The summed E-state index contributed by atoms with van der Waals surface area (Å²) in [5.41, 5.74) is 6.70. The van der Waals surface area contributed by atoms with Gasteiger partial charge in [0.1, 0.15) is 19.1 Å². The molecule has 6 unspecified atom stereocenters. The molecule has 0 aromatic heterocycles. The summed E-state index contributed by atoms with van der Waals surface area (Å²) in [6, 6.07) is 14.6. The lowest BCUT2D eigenvalue weighted by Gasteiger charge is -2.23. The number of amides is 5. The Morgan fingerprint density at radius 2 is 0.986 bits per heavy atom. The minimum absolute atomic E-state index is 0.0330. The molecule has 19 heteroatoms. The number of benzene rings is 2. The van der Waals surface area contributed by atoms with Crippen LogP contribution in [0, 0.1) is 23.7 Å². The number of carbonyl (C=O) groups is 11. The summed E-state index contributed by atoms with van der Waals surface area (Å²) in [5, 5.41) is 13.1. The molecule has 6 atom stereocenters. The molecule has 2 aromatic carbocycles. The Morgan fingerprint density at radius 1 is 0.557 bits per heavy atom. The van der Waals surface area contributed by atoms with Crippen LogP contribution in [0.3, 0.4) is 0 Å².